The normalized spacial score (nSPS) is 11.0. The number of halogens is 3. The number of carbonyl (C=O) groups is 1. The number of anilines is 3. The highest BCUT2D eigenvalue weighted by atomic mass is 35.5. The van der Waals surface area contributed by atoms with E-state index in [-0.39, 0.29) is 22.4 Å². The molecule has 7 nitrogen and oxygen atoms in total. The van der Waals surface area contributed by atoms with Crippen LogP contribution in [0.2, 0.25) is 5.02 Å². The summed E-state index contributed by atoms with van der Waals surface area (Å²) in [5, 5.41) is 10.6. The Kier molecular flexibility index (Phi) is 6.63. The number of nitrogens with one attached hydrogen (secondary N) is 2. The Morgan fingerprint density at radius 2 is 1.70 bits per heavy atom. The van der Waals surface area contributed by atoms with Crippen molar-refractivity contribution in [3.8, 4) is 22.5 Å². The number of nitrogens with zero attached hydrogens (tertiary/aromatic N) is 4. The largest absolute Gasteiger partial charge is 0.324 e. The first-order chi connectivity index (χ1) is 19.5. The second-order valence-electron chi connectivity index (χ2n) is 8.79. The van der Waals surface area contributed by atoms with Crippen molar-refractivity contribution in [1.29, 1.82) is 0 Å². The lowest BCUT2D eigenvalue weighted by Gasteiger charge is -2.10. The highest BCUT2D eigenvalue weighted by molar-refractivity contribution is 6.34. The lowest BCUT2D eigenvalue weighted by atomic mass is 10.0. The minimum atomic E-state index is -0.713. The van der Waals surface area contributed by atoms with Gasteiger partial charge in [-0.3, -0.25) is 4.79 Å². The molecule has 10 heteroatoms. The van der Waals surface area contributed by atoms with Crippen LogP contribution in [0.25, 0.3) is 28.0 Å². The third kappa shape index (κ3) is 4.97. The van der Waals surface area contributed by atoms with Gasteiger partial charge in [0.2, 0.25) is 5.95 Å². The molecular formula is C30H19ClF2N6O. The van der Waals surface area contributed by atoms with Crippen LogP contribution in [-0.2, 0) is 0 Å². The van der Waals surface area contributed by atoms with Crippen molar-refractivity contribution in [3.05, 3.63) is 126 Å². The fourth-order valence-corrected chi connectivity index (χ4v) is 4.61. The summed E-state index contributed by atoms with van der Waals surface area (Å²) in [5.74, 6) is -1.48. The van der Waals surface area contributed by atoms with Gasteiger partial charge in [-0.05, 0) is 60.7 Å². The van der Waals surface area contributed by atoms with E-state index in [1.165, 1.54) is 30.3 Å². The average molecular weight is 553 g/mol. The summed E-state index contributed by atoms with van der Waals surface area (Å²) < 4.78 is 29.7. The molecule has 0 radical (unpaired) electrons. The fraction of sp³-hybridized carbons (Fsp3) is 0. The molecule has 196 valence electrons. The number of pyridine rings is 1. The van der Waals surface area contributed by atoms with Crippen LogP contribution in [0.1, 0.15) is 10.4 Å². The van der Waals surface area contributed by atoms with Gasteiger partial charge >= 0.3 is 0 Å². The van der Waals surface area contributed by atoms with E-state index in [1.54, 1.807) is 47.1 Å². The predicted octanol–water partition coefficient (Wildman–Crippen LogP) is 7.39. The number of amides is 1. The number of fused-ring (bicyclic) bond motifs is 1. The predicted molar refractivity (Wildman–Crippen MR) is 151 cm³/mol. The van der Waals surface area contributed by atoms with Crippen molar-refractivity contribution in [2.45, 2.75) is 0 Å². The van der Waals surface area contributed by atoms with Crippen molar-refractivity contribution >= 4 is 40.3 Å². The van der Waals surface area contributed by atoms with E-state index in [9.17, 15) is 13.6 Å². The van der Waals surface area contributed by atoms with Gasteiger partial charge in [-0.2, -0.15) is 5.10 Å². The summed E-state index contributed by atoms with van der Waals surface area (Å²) in [5.41, 5.74) is 4.10. The molecule has 0 saturated heterocycles. The van der Waals surface area contributed by atoms with Crippen LogP contribution in [0.3, 0.4) is 0 Å². The molecule has 3 heterocycles. The van der Waals surface area contributed by atoms with Gasteiger partial charge in [-0.15, -0.1) is 0 Å². The first-order valence-electron chi connectivity index (χ1n) is 12.2. The first-order valence-corrected chi connectivity index (χ1v) is 12.5. The number of benzene rings is 3. The molecule has 0 unspecified atom stereocenters. The van der Waals surface area contributed by atoms with Crippen LogP contribution in [0.5, 0.6) is 0 Å². The molecule has 0 fully saturated rings. The Morgan fingerprint density at radius 1 is 0.875 bits per heavy atom. The topological polar surface area (TPSA) is 84.2 Å². The maximum atomic E-state index is 14.3. The monoisotopic (exact) mass is 552 g/mol. The van der Waals surface area contributed by atoms with Gasteiger partial charge in [0, 0.05) is 29.3 Å². The van der Waals surface area contributed by atoms with Crippen LogP contribution in [0, 0.1) is 11.6 Å². The Morgan fingerprint density at radius 3 is 2.55 bits per heavy atom. The number of hydrogen-bond acceptors (Lipinski definition) is 5. The first kappa shape index (κ1) is 25.1. The molecule has 3 aromatic heterocycles. The summed E-state index contributed by atoms with van der Waals surface area (Å²) in [6.45, 7) is 0. The van der Waals surface area contributed by atoms with Gasteiger partial charge in [0.25, 0.3) is 5.91 Å². The van der Waals surface area contributed by atoms with Gasteiger partial charge in [0.15, 0.2) is 0 Å². The lowest BCUT2D eigenvalue weighted by Crippen LogP contribution is -2.14. The highest BCUT2D eigenvalue weighted by Gasteiger charge is 2.20. The molecule has 0 bridgehead atoms. The Hall–Kier alpha value is -5.15. The summed E-state index contributed by atoms with van der Waals surface area (Å²) in [6.07, 6.45) is 3.43. The summed E-state index contributed by atoms with van der Waals surface area (Å²) >= 11 is 6.07. The Bertz CT molecular complexity index is 1870. The van der Waals surface area contributed by atoms with E-state index < -0.39 is 11.7 Å². The second kappa shape index (κ2) is 10.5. The van der Waals surface area contributed by atoms with E-state index in [0.29, 0.717) is 28.3 Å². The van der Waals surface area contributed by atoms with E-state index in [1.807, 2.05) is 30.5 Å². The minimum Gasteiger partial charge on any atom is -0.324 e. The third-order valence-electron chi connectivity index (χ3n) is 6.12. The molecule has 0 spiro atoms. The smallest absolute Gasteiger partial charge is 0.260 e. The highest BCUT2D eigenvalue weighted by Crippen LogP contribution is 2.35. The Balaban J connectivity index is 1.39. The van der Waals surface area contributed by atoms with Crippen LogP contribution >= 0.6 is 11.6 Å². The molecule has 3 aromatic carbocycles. The molecule has 0 saturated carbocycles. The lowest BCUT2D eigenvalue weighted by molar-refractivity contribution is 0.102. The number of rotatable bonds is 6. The molecule has 6 rings (SSSR count). The molecule has 0 aliphatic heterocycles. The second-order valence-corrected chi connectivity index (χ2v) is 9.19. The molecular weight excluding hydrogens is 534 g/mol. The van der Waals surface area contributed by atoms with Crippen molar-refractivity contribution in [2.75, 3.05) is 10.6 Å². The zero-order chi connectivity index (χ0) is 27.6. The maximum absolute atomic E-state index is 14.3. The van der Waals surface area contributed by atoms with E-state index in [4.69, 9.17) is 16.7 Å². The quantitative estimate of drug-likeness (QED) is 0.225. The van der Waals surface area contributed by atoms with Crippen LogP contribution < -0.4 is 10.6 Å². The summed E-state index contributed by atoms with van der Waals surface area (Å²) in [4.78, 5) is 21.8. The van der Waals surface area contributed by atoms with Gasteiger partial charge in [0.1, 0.15) is 17.3 Å². The summed E-state index contributed by atoms with van der Waals surface area (Å²) in [7, 11) is 0. The van der Waals surface area contributed by atoms with Gasteiger partial charge in [0.05, 0.1) is 27.4 Å². The fourth-order valence-electron chi connectivity index (χ4n) is 4.36. The van der Waals surface area contributed by atoms with E-state index in [2.05, 4.69) is 20.6 Å². The summed E-state index contributed by atoms with van der Waals surface area (Å²) in [6, 6.07) is 24.6. The molecule has 1 amide bonds. The molecule has 0 aliphatic rings. The van der Waals surface area contributed by atoms with E-state index >= 15 is 0 Å². The van der Waals surface area contributed by atoms with Crippen molar-refractivity contribution < 1.29 is 13.6 Å². The molecule has 0 aliphatic carbocycles. The molecule has 40 heavy (non-hydrogen) atoms. The number of carbonyl (C=O) groups excluding carboxylic acids is 1. The SMILES string of the molecule is O=C(Nc1cccc(-c2nn3ccccc3c2-c2ccnc(Nc3cccc(F)c3)n2)c1)c1c(F)cccc1Cl. The van der Waals surface area contributed by atoms with Crippen LogP contribution in [-0.4, -0.2) is 25.5 Å². The number of hydrogen-bond donors (Lipinski definition) is 2. The van der Waals surface area contributed by atoms with Crippen molar-refractivity contribution in [2.24, 2.45) is 0 Å². The number of aromatic nitrogens is 4. The van der Waals surface area contributed by atoms with E-state index in [0.717, 1.165) is 11.1 Å². The van der Waals surface area contributed by atoms with Gasteiger partial charge in [-0.1, -0.05) is 41.9 Å². The molecule has 0 atom stereocenters. The van der Waals surface area contributed by atoms with Gasteiger partial charge in [-0.25, -0.2) is 23.3 Å². The zero-order valence-electron chi connectivity index (χ0n) is 20.6. The standard InChI is InChI=1S/C30H19ClF2N6O/c31-22-10-5-11-23(33)26(22)29(40)35-20-8-3-6-18(16-20)28-27(25-12-1-2-15-39(25)38-28)24-13-14-34-30(37-24)36-21-9-4-7-19(32)17-21/h1-17H,(H,35,40)(H,34,36,37). The third-order valence-corrected chi connectivity index (χ3v) is 6.43. The van der Waals surface area contributed by atoms with Crippen molar-refractivity contribution in [1.82, 2.24) is 19.6 Å². The average Bonchev–Trinajstić information content (AvgIpc) is 3.33. The maximum Gasteiger partial charge on any atom is 0.260 e. The van der Waals surface area contributed by atoms with Crippen molar-refractivity contribution in [3.63, 3.8) is 0 Å². The molecule has 6 aromatic rings. The van der Waals surface area contributed by atoms with Crippen LogP contribution in [0.15, 0.2) is 103 Å². The molecule has 2 N–H and O–H groups in total. The Labute approximate surface area is 232 Å². The minimum absolute atomic E-state index is 0.0164. The van der Waals surface area contributed by atoms with Gasteiger partial charge < -0.3 is 10.6 Å². The zero-order valence-corrected chi connectivity index (χ0v) is 21.4. The van der Waals surface area contributed by atoms with Crippen LogP contribution in [0.4, 0.5) is 26.1 Å².